The number of aryl methyl sites for hydroxylation is 1. The van der Waals surface area contributed by atoms with E-state index < -0.39 is 0 Å². The lowest BCUT2D eigenvalue weighted by atomic mass is 10.1. The Bertz CT molecular complexity index is 751. The van der Waals surface area contributed by atoms with Gasteiger partial charge in [0, 0.05) is 11.3 Å². The molecule has 0 bridgehead atoms. The zero-order valence-corrected chi connectivity index (χ0v) is 17.1. The van der Waals surface area contributed by atoms with Crippen molar-refractivity contribution in [3.8, 4) is 17.2 Å². The maximum atomic E-state index is 12.6. The number of methoxy groups -OCH3 is 2. The first-order chi connectivity index (χ1) is 12.5. The predicted molar refractivity (Wildman–Crippen MR) is 107 cm³/mol. The number of rotatable bonds is 8. The standard InChI is InChI=1S/C20H24BrNO4/c1-5-6-9-26-15-7-8-16(13(2)10-15)22-20(23)14-11-17(24-3)19(21)18(12-14)25-4/h7-8,10-12H,5-6,9H2,1-4H3,(H,22,23). The van der Waals surface area contributed by atoms with Crippen molar-refractivity contribution in [3.63, 3.8) is 0 Å². The van der Waals surface area contributed by atoms with Gasteiger partial charge in [0.1, 0.15) is 21.7 Å². The number of anilines is 1. The van der Waals surface area contributed by atoms with Crippen LogP contribution in [-0.2, 0) is 0 Å². The Morgan fingerprint density at radius 3 is 2.31 bits per heavy atom. The normalized spacial score (nSPS) is 10.3. The fraction of sp³-hybridized carbons (Fsp3) is 0.350. The predicted octanol–water partition coefficient (Wildman–Crippen LogP) is 5.21. The molecule has 26 heavy (non-hydrogen) atoms. The van der Waals surface area contributed by atoms with Crippen LogP contribution in [0.1, 0.15) is 35.7 Å². The van der Waals surface area contributed by atoms with Gasteiger partial charge in [0.25, 0.3) is 5.91 Å². The van der Waals surface area contributed by atoms with Crippen molar-refractivity contribution in [2.75, 3.05) is 26.1 Å². The number of hydrogen-bond acceptors (Lipinski definition) is 4. The van der Waals surface area contributed by atoms with E-state index in [-0.39, 0.29) is 5.91 Å². The Morgan fingerprint density at radius 1 is 1.12 bits per heavy atom. The minimum absolute atomic E-state index is 0.239. The third-order valence-electron chi connectivity index (χ3n) is 3.92. The van der Waals surface area contributed by atoms with Crippen LogP contribution < -0.4 is 19.5 Å². The molecule has 6 heteroatoms. The molecule has 2 aromatic carbocycles. The third kappa shape index (κ3) is 4.91. The summed E-state index contributed by atoms with van der Waals surface area (Å²) in [5.74, 6) is 1.63. The molecule has 0 saturated carbocycles. The number of halogens is 1. The van der Waals surface area contributed by atoms with E-state index in [0.29, 0.717) is 28.1 Å². The van der Waals surface area contributed by atoms with Gasteiger partial charge in [-0.05, 0) is 65.2 Å². The van der Waals surface area contributed by atoms with Crippen LogP contribution in [0.2, 0.25) is 0 Å². The molecule has 0 aliphatic rings. The molecule has 1 N–H and O–H groups in total. The topological polar surface area (TPSA) is 56.8 Å². The number of benzene rings is 2. The molecular weight excluding hydrogens is 398 g/mol. The average molecular weight is 422 g/mol. The second-order valence-electron chi connectivity index (χ2n) is 5.83. The molecule has 2 aromatic rings. The summed E-state index contributed by atoms with van der Waals surface area (Å²) in [5.41, 5.74) is 2.12. The van der Waals surface area contributed by atoms with Gasteiger partial charge in [0.2, 0.25) is 0 Å². The highest BCUT2D eigenvalue weighted by atomic mass is 79.9. The number of hydrogen-bond donors (Lipinski definition) is 1. The van der Waals surface area contributed by atoms with Crippen LogP contribution in [-0.4, -0.2) is 26.7 Å². The zero-order valence-electron chi connectivity index (χ0n) is 15.5. The van der Waals surface area contributed by atoms with Crippen molar-refractivity contribution in [3.05, 3.63) is 45.9 Å². The second kappa shape index (κ2) is 9.48. The molecule has 0 fully saturated rings. The Morgan fingerprint density at radius 2 is 1.77 bits per heavy atom. The molecule has 0 aromatic heterocycles. The fourth-order valence-electron chi connectivity index (χ4n) is 2.40. The first-order valence-corrected chi connectivity index (χ1v) is 9.25. The minimum Gasteiger partial charge on any atom is -0.495 e. The number of unbranched alkanes of at least 4 members (excludes halogenated alkanes) is 1. The SMILES string of the molecule is CCCCOc1ccc(NC(=O)c2cc(OC)c(Br)c(OC)c2)c(C)c1. The highest BCUT2D eigenvalue weighted by Gasteiger charge is 2.15. The van der Waals surface area contributed by atoms with Crippen molar-refractivity contribution >= 4 is 27.5 Å². The van der Waals surface area contributed by atoms with Gasteiger partial charge in [0.05, 0.1) is 20.8 Å². The van der Waals surface area contributed by atoms with Crippen LogP contribution in [0.15, 0.2) is 34.8 Å². The van der Waals surface area contributed by atoms with Crippen molar-refractivity contribution in [2.45, 2.75) is 26.7 Å². The minimum atomic E-state index is -0.239. The van der Waals surface area contributed by atoms with Gasteiger partial charge in [-0.15, -0.1) is 0 Å². The maximum absolute atomic E-state index is 12.6. The molecule has 0 unspecified atom stereocenters. The number of amides is 1. The third-order valence-corrected chi connectivity index (χ3v) is 4.70. The summed E-state index contributed by atoms with van der Waals surface area (Å²) in [6.45, 7) is 4.75. The summed E-state index contributed by atoms with van der Waals surface area (Å²) >= 11 is 3.40. The monoisotopic (exact) mass is 421 g/mol. The van der Waals surface area contributed by atoms with Gasteiger partial charge in [-0.1, -0.05) is 13.3 Å². The maximum Gasteiger partial charge on any atom is 0.255 e. The van der Waals surface area contributed by atoms with E-state index in [9.17, 15) is 4.79 Å². The van der Waals surface area contributed by atoms with E-state index in [1.165, 1.54) is 0 Å². The molecule has 0 radical (unpaired) electrons. The van der Waals surface area contributed by atoms with Gasteiger partial charge in [-0.3, -0.25) is 4.79 Å². The number of ether oxygens (including phenoxy) is 3. The molecule has 5 nitrogen and oxygen atoms in total. The molecule has 0 aliphatic heterocycles. The average Bonchev–Trinajstić information content (AvgIpc) is 2.64. The summed E-state index contributed by atoms with van der Waals surface area (Å²) in [4.78, 5) is 12.6. The fourth-order valence-corrected chi connectivity index (χ4v) is 2.95. The van der Waals surface area contributed by atoms with Crippen LogP contribution in [0.5, 0.6) is 17.2 Å². The number of carbonyl (C=O) groups excluding carboxylic acids is 1. The highest BCUT2D eigenvalue weighted by Crippen LogP contribution is 2.36. The summed E-state index contributed by atoms with van der Waals surface area (Å²) in [6.07, 6.45) is 2.11. The van der Waals surface area contributed by atoms with Crippen molar-refractivity contribution in [1.82, 2.24) is 0 Å². The van der Waals surface area contributed by atoms with Crippen LogP contribution in [0.25, 0.3) is 0 Å². The lowest BCUT2D eigenvalue weighted by molar-refractivity contribution is 0.102. The van der Waals surface area contributed by atoms with Gasteiger partial charge >= 0.3 is 0 Å². The molecule has 0 heterocycles. The molecular formula is C20H24BrNO4. The molecule has 0 spiro atoms. The van der Waals surface area contributed by atoms with Gasteiger partial charge in [-0.25, -0.2) is 0 Å². The lowest BCUT2D eigenvalue weighted by Gasteiger charge is -2.13. The van der Waals surface area contributed by atoms with Crippen LogP contribution in [0.4, 0.5) is 5.69 Å². The molecule has 0 atom stereocenters. The summed E-state index contributed by atoms with van der Waals surface area (Å²) in [6, 6.07) is 8.97. The van der Waals surface area contributed by atoms with Crippen molar-refractivity contribution in [1.29, 1.82) is 0 Å². The Hall–Kier alpha value is -2.21. The van der Waals surface area contributed by atoms with E-state index in [4.69, 9.17) is 14.2 Å². The first kappa shape index (κ1) is 20.1. The van der Waals surface area contributed by atoms with Gasteiger partial charge in [-0.2, -0.15) is 0 Å². The molecule has 2 rings (SSSR count). The Balaban J connectivity index is 2.17. The van der Waals surface area contributed by atoms with Crippen molar-refractivity contribution in [2.24, 2.45) is 0 Å². The first-order valence-electron chi connectivity index (χ1n) is 8.46. The van der Waals surface area contributed by atoms with Crippen molar-refractivity contribution < 1.29 is 19.0 Å². The van der Waals surface area contributed by atoms with E-state index in [1.54, 1.807) is 26.4 Å². The second-order valence-corrected chi connectivity index (χ2v) is 6.62. The summed E-state index contributed by atoms with van der Waals surface area (Å²) in [7, 11) is 3.09. The highest BCUT2D eigenvalue weighted by molar-refractivity contribution is 9.10. The quantitative estimate of drug-likeness (QED) is 0.594. The molecule has 0 saturated heterocycles. The zero-order chi connectivity index (χ0) is 19.1. The summed E-state index contributed by atoms with van der Waals surface area (Å²) in [5, 5.41) is 2.92. The van der Waals surface area contributed by atoms with E-state index in [0.717, 1.165) is 29.8 Å². The Kier molecular flexibility index (Phi) is 7.33. The van der Waals surface area contributed by atoms with Gasteiger partial charge < -0.3 is 19.5 Å². The van der Waals surface area contributed by atoms with Gasteiger partial charge in [0.15, 0.2) is 0 Å². The van der Waals surface area contributed by atoms with E-state index in [1.807, 2.05) is 25.1 Å². The number of carbonyl (C=O) groups is 1. The summed E-state index contributed by atoms with van der Waals surface area (Å²) < 4.78 is 16.9. The molecule has 1 amide bonds. The molecule has 0 aliphatic carbocycles. The van der Waals surface area contributed by atoms with E-state index in [2.05, 4.69) is 28.2 Å². The van der Waals surface area contributed by atoms with Crippen LogP contribution in [0, 0.1) is 6.92 Å². The van der Waals surface area contributed by atoms with Crippen LogP contribution in [0.3, 0.4) is 0 Å². The van der Waals surface area contributed by atoms with Crippen LogP contribution >= 0.6 is 15.9 Å². The lowest BCUT2D eigenvalue weighted by Crippen LogP contribution is -2.13. The Labute approximate surface area is 162 Å². The number of nitrogens with one attached hydrogen (secondary N) is 1. The largest absolute Gasteiger partial charge is 0.495 e. The smallest absolute Gasteiger partial charge is 0.255 e. The molecule has 140 valence electrons. The van der Waals surface area contributed by atoms with E-state index >= 15 is 0 Å².